The van der Waals surface area contributed by atoms with Crippen LogP contribution < -0.4 is 10.9 Å². The lowest BCUT2D eigenvalue weighted by Gasteiger charge is -2.29. The molecule has 3 fully saturated rings. The summed E-state index contributed by atoms with van der Waals surface area (Å²) in [5.41, 5.74) is 1.71. The largest absolute Gasteiger partial charge is 0.379 e. The third-order valence-corrected chi connectivity index (χ3v) is 8.28. The van der Waals surface area contributed by atoms with Gasteiger partial charge in [0.15, 0.2) is 0 Å². The fourth-order valence-electron chi connectivity index (χ4n) is 5.00. The molecular weight excluding hydrogens is 482 g/mol. The van der Waals surface area contributed by atoms with Crippen molar-refractivity contribution < 1.29 is 9.53 Å². The zero-order chi connectivity index (χ0) is 24.4. The van der Waals surface area contributed by atoms with E-state index in [1.165, 1.54) is 18.2 Å². The molecule has 1 aliphatic carbocycles. The van der Waals surface area contributed by atoms with Gasteiger partial charge in [0.1, 0.15) is 15.8 Å². The second-order valence-corrected chi connectivity index (χ2v) is 11.0. The van der Waals surface area contributed by atoms with Crippen molar-refractivity contribution in [3.8, 4) is 0 Å². The number of nitrogens with one attached hydrogen (secondary N) is 1. The number of anilines is 1. The number of nitrogens with zero attached hydrogens (tertiary/aromatic N) is 4. The SMILES string of the molecule is Cc1cccn2c(=O)c(C=C3SC(=S)N(C4CCCCC4)C3=O)c(NCCN3CCOCC3)nc12. The Balaban J connectivity index is 1.46. The van der Waals surface area contributed by atoms with E-state index in [4.69, 9.17) is 21.9 Å². The molecule has 1 N–H and O–H groups in total. The standard InChI is InChI=1S/C25H31N5O3S2/c1-17-6-5-10-29-22(17)27-21(26-9-11-28-12-14-33-15-13-28)19(23(29)31)16-20-24(32)30(25(34)35-20)18-7-3-2-4-8-18/h5-6,10,16,18,26H,2-4,7-9,11-15H2,1H3. The average Bonchev–Trinajstić information content (AvgIpc) is 3.15. The number of thiocarbonyl (C=S) groups is 1. The maximum atomic E-state index is 13.6. The lowest BCUT2D eigenvalue weighted by Crippen LogP contribution is -2.39. The van der Waals surface area contributed by atoms with Crippen molar-refractivity contribution in [3.05, 3.63) is 44.7 Å². The van der Waals surface area contributed by atoms with Crippen LogP contribution in [0.2, 0.25) is 0 Å². The first-order valence-electron chi connectivity index (χ1n) is 12.4. The first kappa shape index (κ1) is 24.4. The molecule has 0 bridgehead atoms. The second-order valence-electron chi connectivity index (χ2n) is 9.29. The van der Waals surface area contributed by atoms with Gasteiger partial charge in [-0.15, -0.1) is 0 Å². The fraction of sp³-hybridized carbons (Fsp3) is 0.520. The highest BCUT2D eigenvalue weighted by atomic mass is 32.2. The molecule has 2 saturated heterocycles. The summed E-state index contributed by atoms with van der Waals surface area (Å²) in [7, 11) is 0. The number of ether oxygens (including phenoxy) is 1. The van der Waals surface area contributed by atoms with Gasteiger partial charge in [0.25, 0.3) is 11.5 Å². The summed E-state index contributed by atoms with van der Waals surface area (Å²) in [6, 6.07) is 3.93. The number of amides is 1. The van der Waals surface area contributed by atoms with E-state index in [1.54, 1.807) is 21.6 Å². The Bertz CT molecular complexity index is 1220. The number of carbonyl (C=O) groups excluding carboxylic acids is 1. The zero-order valence-corrected chi connectivity index (χ0v) is 21.6. The van der Waals surface area contributed by atoms with Gasteiger partial charge in [-0.25, -0.2) is 4.98 Å². The first-order chi connectivity index (χ1) is 17.0. The molecule has 4 heterocycles. The van der Waals surface area contributed by atoms with Crippen LogP contribution in [0.15, 0.2) is 28.0 Å². The highest BCUT2D eigenvalue weighted by Crippen LogP contribution is 2.37. The number of thioether (sulfide) groups is 1. The van der Waals surface area contributed by atoms with Crippen molar-refractivity contribution in [3.63, 3.8) is 0 Å². The van der Waals surface area contributed by atoms with Crippen molar-refractivity contribution in [1.82, 2.24) is 19.2 Å². The number of hydrogen-bond acceptors (Lipinski definition) is 8. The smallest absolute Gasteiger partial charge is 0.267 e. The van der Waals surface area contributed by atoms with Crippen molar-refractivity contribution in [2.45, 2.75) is 45.1 Å². The molecule has 1 amide bonds. The van der Waals surface area contributed by atoms with Crippen LogP contribution in [0.4, 0.5) is 5.82 Å². The van der Waals surface area contributed by atoms with Crippen LogP contribution in [0.5, 0.6) is 0 Å². The van der Waals surface area contributed by atoms with E-state index in [0.29, 0.717) is 32.8 Å². The number of fused-ring (bicyclic) bond motifs is 1. The molecule has 10 heteroatoms. The molecule has 2 aromatic rings. The van der Waals surface area contributed by atoms with Gasteiger partial charge < -0.3 is 10.1 Å². The van der Waals surface area contributed by atoms with E-state index >= 15 is 0 Å². The van der Waals surface area contributed by atoms with E-state index in [0.717, 1.165) is 64.1 Å². The van der Waals surface area contributed by atoms with Gasteiger partial charge in [0, 0.05) is 38.4 Å². The lowest BCUT2D eigenvalue weighted by atomic mass is 9.94. The molecule has 1 saturated carbocycles. The van der Waals surface area contributed by atoms with Gasteiger partial charge in [-0.3, -0.25) is 23.8 Å². The molecule has 2 aromatic heterocycles. The summed E-state index contributed by atoms with van der Waals surface area (Å²) in [4.78, 5) is 36.3. The monoisotopic (exact) mass is 513 g/mol. The predicted octanol–water partition coefficient (Wildman–Crippen LogP) is 3.28. The van der Waals surface area contributed by atoms with E-state index in [-0.39, 0.29) is 17.5 Å². The second kappa shape index (κ2) is 10.8. The normalized spacial score (nSPS) is 21.4. The van der Waals surface area contributed by atoms with E-state index < -0.39 is 0 Å². The molecule has 3 aliphatic rings. The van der Waals surface area contributed by atoms with Crippen molar-refractivity contribution in [2.75, 3.05) is 44.7 Å². The molecule has 2 aliphatic heterocycles. The maximum Gasteiger partial charge on any atom is 0.267 e. The highest BCUT2D eigenvalue weighted by molar-refractivity contribution is 8.26. The number of aryl methyl sites for hydroxylation is 1. The Morgan fingerprint density at radius 2 is 2.00 bits per heavy atom. The topological polar surface area (TPSA) is 79.2 Å². The number of hydrogen-bond donors (Lipinski definition) is 1. The van der Waals surface area contributed by atoms with E-state index in [1.807, 2.05) is 19.1 Å². The molecular formula is C25H31N5O3S2. The molecule has 0 spiro atoms. The number of pyridine rings is 1. The lowest BCUT2D eigenvalue weighted by molar-refractivity contribution is -0.124. The summed E-state index contributed by atoms with van der Waals surface area (Å²) >= 11 is 6.88. The van der Waals surface area contributed by atoms with Crippen LogP contribution in [-0.2, 0) is 9.53 Å². The molecule has 186 valence electrons. The van der Waals surface area contributed by atoms with Crippen molar-refractivity contribution >= 4 is 51.7 Å². The van der Waals surface area contributed by atoms with Crippen LogP contribution in [0, 0.1) is 6.92 Å². The molecule has 8 nitrogen and oxygen atoms in total. The average molecular weight is 514 g/mol. The van der Waals surface area contributed by atoms with Crippen LogP contribution in [0.25, 0.3) is 11.7 Å². The minimum absolute atomic E-state index is 0.0973. The third kappa shape index (κ3) is 5.16. The summed E-state index contributed by atoms with van der Waals surface area (Å²) in [6.45, 7) is 6.66. The Kier molecular flexibility index (Phi) is 7.52. The summed E-state index contributed by atoms with van der Waals surface area (Å²) in [6.07, 6.45) is 8.81. The van der Waals surface area contributed by atoms with Gasteiger partial charge in [0.2, 0.25) is 0 Å². The highest BCUT2D eigenvalue weighted by Gasteiger charge is 2.37. The Hall–Kier alpha value is -2.27. The quantitative estimate of drug-likeness (QED) is 0.466. The van der Waals surface area contributed by atoms with Gasteiger partial charge in [-0.05, 0) is 37.5 Å². The summed E-state index contributed by atoms with van der Waals surface area (Å²) in [5.74, 6) is 0.403. The molecule has 0 atom stereocenters. The Morgan fingerprint density at radius 3 is 2.77 bits per heavy atom. The molecule has 35 heavy (non-hydrogen) atoms. The van der Waals surface area contributed by atoms with Gasteiger partial charge >= 0.3 is 0 Å². The Labute approximate surface area is 214 Å². The van der Waals surface area contributed by atoms with Crippen molar-refractivity contribution in [1.29, 1.82) is 0 Å². The Morgan fingerprint density at radius 1 is 1.23 bits per heavy atom. The minimum Gasteiger partial charge on any atom is -0.379 e. The molecule has 5 rings (SSSR count). The predicted molar refractivity (Wildman–Crippen MR) is 144 cm³/mol. The maximum absolute atomic E-state index is 13.6. The van der Waals surface area contributed by atoms with Crippen LogP contribution in [0.3, 0.4) is 0 Å². The molecule has 0 radical (unpaired) electrons. The van der Waals surface area contributed by atoms with Crippen LogP contribution in [-0.4, -0.2) is 74.8 Å². The van der Waals surface area contributed by atoms with E-state index in [2.05, 4.69) is 10.2 Å². The minimum atomic E-state index is -0.199. The molecule has 0 aromatic carbocycles. The van der Waals surface area contributed by atoms with Gasteiger partial charge in [-0.1, -0.05) is 49.3 Å². The third-order valence-electron chi connectivity index (χ3n) is 6.95. The summed E-state index contributed by atoms with van der Waals surface area (Å²) in [5, 5.41) is 3.38. The van der Waals surface area contributed by atoms with Gasteiger partial charge in [0.05, 0.1) is 23.7 Å². The van der Waals surface area contributed by atoms with Crippen LogP contribution in [0.1, 0.15) is 43.2 Å². The summed E-state index contributed by atoms with van der Waals surface area (Å²) < 4.78 is 7.57. The van der Waals surface area contributed by atoms with E-state index in [9.17, 15) is 9.59 Å². The number of rotatable bonds is 6. The number of morpholine rings is 1. The zero-order valence-electron chi connectivity index (χ0n) is 20.0. The number of carbonyl (C=O) groups is 1. The van der Waals surface area contributed by atoms with Crippen LogP contribution >= 0.6 is 24.0 Å². The van der Waals surface area contributed by atoms with Crippen molar-refractivity contribution in [2.24, 2.45) is 0 Å². The fourth-order valence-corrected chi connectivity index (χ4v) is 6.38. The molecule has 0 unspecified atom stereocenters. The van der Waals surface area contributed by atoms with Gasteiger partial charge in [-0.2, -0.15) is 0 Å². The first-order valence-corrected chi connectivity index (χ1v) is 13.6. The number of aromatic nitrogens is 2.